The van der Waals surface area contributed by atoms with Gasteiger partial charge in [0.15, 0.2) is 10.7 Å². The van der Waals surface area contributed by atoms with Gasteiger partial charge in [-0.15, -0.1) is 11.3 Å². The Morgan fingerprint density at radius 3 is 2.38 bits per heavy atom. The molecule has 4 aromatic rings. The minimum atomic E-state index is -1.50. The molecule has 0 radical (unpaired) electrons. The Bertz CT molecular complexity index is 1120. The summed E-state index contributed by atoms with van der Waals surface area (Å²) in [6, 6.07) is 23.0. The predicted molar refractivity (Wildman–Crippen MR) is 132 cm³/mol. The number of rotatable bonds is 8. The molecule has 1 N–H and O–H groups in total. The average molecular weight is 476 g/mol. The Hall–Kier alpha value is -3.00. The number of ether oxygens (including phenoxy) is 1. The third-order valence-electron chi connectivity index (χ3n) is 6.60. The minimum Gasteiger partial charge on any atom is -0.479 e. The molecule has 0 spiro atoms. The molecule has 0 aliphatic carbocycles. The molecule has 1 aliphatic rings. The van der Waals surface area contributed by atoms with Crippen molar-refractivity contribution in [3.05, 3.63) is 101 Å². The van der Waals surface area contributed by atoms with Gasteiger partial charge < -0.3 is 14.4 Å². The molecule has 1 fully saturated rings. The molecule has 2 unspecified atom stereocenters. The first kappa shape index (κ1) is 22.8. The van der Waals surface area contributed by atoms with E-state index in [1.165, 1.54) is 0 Å². The highest BCUT2D eigenvalue weighted by Crippen LogP contribution is 2.35. The monoisotopic (exact) mass is 475 g/mol. The maximum atomic E-state index is 11.9. The van der Waals surface area contributed by atoms with Crippen molar-refractivity contribution in [3.63, 3.8) is 0 Å². The highest BCUT2D eigenvalue weighted by atomic mass is 32.1. The normalized spacial score (nSPS) is 19.2. The van der Waals surface area contributed by atoms with Crippen LogP contribution in [-0.4, -0.2) is 39.3 Å². The van der Waals surface area contributed by atoms with Gasteiger partial charge in [0.1, 0.15) is 6.10 Å². The third kappa shape index (κ3) is 4.64. The van der Waals surface area contributed by atoms with Gasteiger partial charge in [-0.3, -0.25) is 4.90 Å². The quantitative estimate of drug-likeness (QED) is 0.383. The number of hydrogen-bond acceptors (Lipinski definition) is 7. The van der Waals surface area contributed by atoms with Crippen molar-refractivity contribution in [2.24, 2.45) is 5.92 Å². The number of aromatic nitrogens is 2. The highest BCUT2D eigenvalue weighted by molar-refractivity contribution is 7.11. The van der Waals surface area contributed by atoms with Gasteiger partial charge in [0.2, 0.25) is 11.7 Å². The fourth-order valence-corrected chi connectivity index (χ4v) is 5.32. The Morgan fingerprint density at radius 2 is 1.76 bits per heavy atom. The first-order valence-electron chi connectivity index (χ1n) is 11.8. The average Bonchev–Trinajstić information content (AvgIpc) is 3.57. The van der Waals surface area contributed by atoms with E-state index in [0.29, 0.717) is 29.5 Å². The largest absolute Gasteiger partial charge is 0.479 e. The molecule has 1 aliphatic heterocycles. The number of thiophene rings is 1. The van der Waals surface area contributed by atoms with Crippen LogP contribution in [-0.2, 0) is 12.1 Å². The van der Waals surface area contributed by atoms with Crippen LogP contribution in [0.15, 0.2) is 82.7 Å². The molecule has 1 saturated heterocycles. The minimum absolute atomic E-state index is 0.130. The second kappa shape index (κ2) is 10.1. The van der Waals surface area contributed by atoms with Gasteiger partial charge in [-0.25, -0.2) is 0 Å². The highest BCUT2D eigenvalue weighted by Gasteiger charge is 2.39. The molecule has 176 valence electrons. The van der Waals surface area contributed by atoms with Crippen molar-refractivity contribution in [3.8, 4) is 5.06 Å². The molecule has 7 heteroatoms. The van der Waals surface area contributed by atoms with Gasteiger partial charge in [-0.2, -0.15) is 4.98 Å². The second-order valence-electron chi connectivity index (χ2n) is 8.73. The molecule has 0 bridgehead atoms. The summed E-state index contributed by atoms with van der Waals surface area (Å²) in [7, 11) is 0. The van der Waals surface area contributed by atoms with Gasteiger partial charge >= 0.3 is 0 Å². The molecular formula is C27H29N3O3S. The molecule has 0 saturated carbocycles. The smallest absolute Gasteiger partial charge is 0.240 e. The topological polar surface area (TPSA) is 71.6 Å². The third-order valence-corrected chi connectivity index (χ3v) is 7.36. The number of likely N-dealkylation sites (tertiary alicyclic amines) is 1. The van der Waals surface area contributed by atoms with Gasteiger partial charge in [-0.05, 0) is 53.9 Å². The lowest BCUT2D eigenvalue weighted by Gasteiger charge is -2.37. The van der Waals surface area contributed by atoms with Gasteiger partial charge in [0.05, 0.1) is 6.54 Å². The van der Waals surface area contributed by atoms with E-state index in [-0.39, 0.29) is 11.9 Å². The van der Waals surface area contributed by atoms with Crippen LogP contribution in [0.1, 0.15) is 42.6 Å². The summed E-state index contributed by atoms with van der Waals surface area (Å²) in [5.74, 6) is 1.26. The standard InChI is InChI=1S/C27H29N3O3S/c1-2-20-15-16-30(18-23(20)32-25-14-9-17-34-25)19-24-28-26(29-33-24)27(31,21-10-5-3-6-11-21)22-12-7-4-8-13-22/h3-14,17,20,23,31H,2,15-16,18-19H2,1H3. The molecular weight excluding hydrogens is 446 g/mol. The Labute approximate surface area is 203 Å². The zero-order valence-electron chi connectivity index (χ0n) is 19.2. The zero-order valence-corrected chi connectivity index (χ0v) is 20.0. The fraction of sp³-hybridized carbons (Fsp3) is 0.333. The Kier molecular flexibility index (Phi) is 6.76. The number of hydrogen-bond donors (Lipinski definition) is 1. The van der Waals surface area contributed by atoms with E-state index in [9.17, 15) is 5.11 Å². The van der Waals surface area contributed by atoms with Crippen LogP contribution in [0.3, 0.4) is 0 Å². The predicted octanol–water partition coefficient (Wildman–Crippen LogP) is 5.09. The number of aliphatic hydroxyl groups is 1. The van der Waals surface area contributed by atoms with E-state index in [4.69, 9.17) is 9.26 Å². The van der Waals surface area contributed by atoms with E-state index in [1.807, 2.05) is 78.2 Å². The maximum absolute atomic E-state index is 11.9. The molecule has 2 atom stereocenters. The van der Waals surface area contributed by atoms with Crippen LogP contribution in [0.5, 0.6) is 5.06 Å². The summed E-state index contributed by atoms with van der Waals surface area (Å²) in [6.45, 7) is 4.49. The van der Waals surface area contributed by atoms with Gasteiger partial charge in [0, 0.05) is 6.54 Å². The summed E-state index contributed by atoms with van der Waals surface area (Å²) in [6.07, 6.45) is 2.28. The molecule has 34 heavy (non-hydrogen) atoms. The van der Waals surface area contributed by atoms with Crippen molar-refractivity contribution in [1.29, 1.82) is 0 Å². The summed E-state index contributed by atoms with van der Waals surface area (Å²) in [4.78, 5) is 6.96. The molecule has 5 rings (SSSR count). The molecule has 0 amide bonds. The van der Waals surface area contributed by atoms with Crippen molar-refractivity contribution < 1.29 is 14.4 Å². The Balaban J connectivity index is 1.36. The van der Waals surface area contributed by atoms with Crippen LogP contribution < -0.4 is 4.74 Å². The van der Waals surface area contributed by atoms with E-state index in [1.54, 1.807) is 11.3 Å². The fourth-order valence-electron chi connectivity index (χ4n) is 4.69. The lowest BCUT2D eigenvalue weighted by atomic mass is 9.85. The van der Waals surface area contributed by atoms with Crippen LogP contribution >= 0.6 is 11.3 Å². The zero-order chi connectivity index (χ0) is 23.4. The van der Waals surface area contributed by atoms with Crippen molar-refractivity contribution in [2.75, 3.05) is 13.1 Å². The first-order chi connectivity index (χ1) is 16.7. The molecule has 3 heterocycles. The number of piperidine rings is 1. The van der Waals surface area contributed by atoms with Crippen molar-refractivity contribution >= 4 is 11.3 Å². The van der Waals surface area contributed by atoms with Gasteiger partial charge in [-0.1, -0.05) is 72.7 Å². The molecule has 2 aromatic carbocycles. The maximum Gasteiger partial charge on any atom is 0.240 e. The summed E-state index contributed by atoms with van der Waals surface area (Å²) in [5.41, 5.74) is -0.104. The number of benzene rings is 2. The first-order valence-corrected chi connectivity index (χ1v) is 12.6. The van der Waals surface area contributed by atoms with Crippen LogP contribution in [0.2, 0.25) is 0 Å². The van der Waals surface area contributed by atoms with Crippen LogP contribution in [0, 0.1) is 5.92 Å². The van der Waals surface area contributed by atoms with Crippen molar-refractivity contribution in [2.45, 2.75) is 38.0 Å². The summed E-state index contributed by atoms with van der Waals surface area (Å²) < 4.78 is 12.0. The molecule has 2 aromatic heterocycles. The second-order valence-corrected chi connectivity index (χ2v) is 9.64. The van der Waals surface area contributed by atoms with Crippen LogP contribution in [0.4, 0.5) is 0 Å². The number of nitrogens with zero attached hydrogens (tertiary/aromatic N) is 3. The van der Waals surface area contributed by atoms with E-state index in [2.05, 4.69) is 22.0 Å². The lowest BCUT2D eigenvalue weighted by Crippen LogP contribution is -2.46. The lowest BCUT2D eigenvalue weighted by molar-refractivity contribution is 0.0323. The SMILES string of the molecule is CCC1CCN(Cc2nc(C(O)(c3ccccc3)c3ccccc3)no2)CC1Oc1cccs1. The van der Waals surface area contributed by atoms with E-state index >= 15 is 0 Å². The molecule has 6 nitrogen and oxygen atoms in total. The summed E-state index contributed by atoms with van der Waals surface area (Å²) >= 11 is 1.63. The van der Waals surface area contributed by atoms with Crippen molar-refractivity contribution in [1.82, 2.24) is 15.0 Å². The summed E-state index contributed by atoms with van der Waals surface area (Å²) in [5, 5.41) is 19.1. The van der Waals surface area contributed by atoms with E-state index < -0.39 is 5.60 Å². The Morgan fingerprint density at radius 1 is 1.06 bits per heavy atom. The van der Waals surface area contributed by atoms with E-state index in [0.717, 1.165) is 31.0 Å². The van der Waals surface area contributed by atoms with Crippen LogP contribution in [0.25, 0.3) is 0 Å². The van der Waals surface area contributed by atoms with Gasteiger partial charge in [0.25, 0.3) is 0 Å².